The second-order valence-electron chi connectivity index (χ2n) is 5.26. The molecular weight excluding hydrogens is 302 g/mol. The number of hydrogen-bond acceptors (Lipinski definition) is 3. The van der Waals surface area contributed by atoms with Crippen molar-refractivity contribution in [2.24, 2.45) is 0 Å². The summed E-state index contributed by atoms with van der Waals surface area (Å²) in [6.07, 6.45) is -0.529. The number of halogens is 1. The van der Waals surface area contributed by atoms with Gasteiger partial charge in [-0.2, -0.15) is 0 Å². The maximum atomic E-state index is 12.3. The molecule has 0 aliphatic carbocycles. The van der Waals surface area contributed by atoms with Gasteiger partial charge in [-0.3, -0.25) is 4.79 Å². The molecule has 0 saturated carbocycles. The number of ether oxygens (including phenoxy) is 1. The van der Waals surface area contributed by atoms with Crippen LogP contribution >= 0.6 is 11.6 Å². The zero-order valence-corrected chi connectivity index (χ0v) is 12.7. The van der Waals surface area contributed by atoms with E-state index in [0.29, 0.717) is 22.7 Å². The van der Waals surface area contributed by atoms with Gasteiger partial charge in [0.2, 0.25) is 0 Å². The van der Waals surface area contributed by atoms with Crippen molar-refractivity contribution in [2.75, 3.05) is 5.32 Å². The maximum Gasteiger partial charge on any atom is 0.339 e. The molecule has 1 aliphatic rings. The van der Waals surface area contributed by atoms with E-state index < -0.39 is 12.1 Å². The van der Waals surface area contributed by atoms with Crippen LogP contribution in [0.2, 0.25) is 5.02 Å². The number of hydrogen-bond donors (Lipinski definition) is 1. The Bertz CT molecular complexity index is 757. The molecular formula is C17H14ClNO3. The predicted octanol–water partition coefficient (Wildman–Crippen LogP) is 3.37. The number of carbonyl (C=O) groups excluding carboxylic acids is 2. The summed E-state index contributed by atoms with van der Waals surface area (Å²) in [4.78, 5) is 24.3. The van der Waals surface area contributed by atoms with Gasteiger partial charge >= 0.3 is 5.97 Å². The van der Waals surface area contributed by atoms with Crippen molar-refractivity contribution in [1.82, 2.24) is 0 Å². The van der Waals surface area contributed by atoms with E-state index in [1.165, 1.54) is 0 Å². The predicted molar refractivity (Wildman–Crippen MR) is 84.2 cm³/mol. The monoisotopic (exact) mass is 315 g/mol. The maximum absolute atomic E-state index is 12.3. The van der Waals surface area contributed by atoms with Crippen LogP contribution in [0.4, 0.5) is 5.69 Å². The van der Waals surface area contributed by atoms with Gasteiger partial charge in [0.1, 0.15) is 0 Å². The van der Waals surface area contributed by atoms with Crippen molar-refractivity contribution < 1.29 is 14.3 Å². The third kappa shape index (κ3) is 2.97. The lowest BCUT2D eigenvalue weighted by molar-refractivity contribution is -0.125. The minimum atomic E-state index is -0.848. The van der Waals surface area contributed by atoms with Gasteiger partial charge in [-0.25, -0.2) is 4.79 Å². The molecule has 3 rings (SSSR count). The molecule has 0 aromatic heterocycles. The Labute approximate surface area is 133 Å². The van der Waals surface area contributed by atoms with Crippen LogP contribution in [-0.2, 0) is 16.0 Å². The number of esters is 1. The van der Waals surface area contributed by atoms with E-state index in [0.717, 1.165) is 11.1 Å². The van der Waals surface area contributed by atoms with Crippen LogP contribution in [0.1, 0.15) is 21.5 Å². The molecule has 0 radical (unpaired) electrons. The summed E-state index contributed by atoms with van der Waals surface area (Å²) in [6, 6.07) is 12.4. The van der Waals surface area contributed by atoms with E-state index >= 15 is 0 Å². The second-order valence-corrected chi connectivity index (χ2v) is 5.69. The highest BCUT2D eigenvalue weighted by Gasteiger charge is 2.31. The Morgan fingerprint density at radius 3 is 2.86 bits per heavy atom. The SMILES string of the molecule is Cc1cccc(NC(=O)C2Cc3cc(Cl)ccc3C(=O)O2)c1. The number of aryl methyl sites for hydroxylation is 1. The summed E-state index contributed by atoms with van der Waals surface area (Å²) in [5, 5.41) is 3.30. The van der Waals surface area contributed by atoms with Crippen molar-refractivity contribution in [3.8, 4) is 0 Å². The van der Waals surface area contributed by atoms with Crippen LogP contribution in [0, 0.1) is 6.92 Å². The van der Waals surface area contributed by atoms with Crippen LogP contribution in [0.15, 0.2) is 42.5 Å². The summed E-state index contributed by atoms with van der Waals surface area (Å²) in [6.45, 7) is 1.94. The van der Waals surface area contributed by atoms with Crippen molar-refractivity contribution in [3.63, 3.8) is 0 Å². The Balaban J connectivity index is 1.79. The Morgan fingerprint density at radius 1 is 1.27 bits per heavy atom. The van der Waals surface area contributed by atoms with Crippen molar-refractivity contribution >= 4 is 29.2 Å². The normalized spacial score (nSPS) is 16.6. The van der Waals surface area contributed by atoms with Crippen molar-refractivity contribution in [2.45, 2.75) is 19.4 Å². The summed E-state index contributed by atoms with van der Waals surface area (Å²) < 4.78 is 5.22. The topological polar surface area (TPSA) is 55.4 Å². The third-order valence-corrected chi connectivity index (χ3v) is 3.75. The molecule has 1 aliphatic heterocycles. The molecule has 1 heterocycles. The number of benzene rings is 2. The molecule has 1 unspecified atom stereocenters. The highest BCUT2D eigenvalue weighted by atomic mass is 35.5. The smallest absolute Gasteiger partial charge is 0.339 e. The van der Waals surface area contributed by atoms with Gasteiger partial charge in [0.25, 0.3) is 5.91 Å². The molecule has 2 aromatic carbocycles. The van der Waals surface area contributed by atoms with Crippen LogP contribution in [0.3, 0.4) is 0 Å². The fraction of sp³-hybridized carbons (Fsp3) is 0.176. The molecule has 1 atom stereocenters. The van der Waals surface area contributed by atoms with E-state index in [1.54, 1.807) is 24.3 Å². The minimum absolute atomic E-state index is 0.319. The first-order valence-corrected chi connectivity index (χ1v) is 7.27. The van der Waals surface area contributed by atoms with E-state index in [-0.39, 0.29) is 5.91 Å². The largest absolute Gasteiger partial charge is 0.448 e. The van der Waals surface area contributed by atoms with Crippen LogP contribution in [0.25, 0.3) is 0 Å². The molecule has 4 nitrogen and oxygen atoms in total. The second kappa shape index (κ2) is 5.81. The molecule has 112 valence electrons. The van der Waals surface area contributed by atoms with E-state index in [1.807, 2.05) is 25.1 Å². The van der Waals surface area contributed by atoms with Gasteiger partial charge in [0.15, 0.2) is 6.10 Å². The molecule has 0 saturated heterocycles. The van der Waals surface area contributed by atoms with Gasteiger partial charge < -0.3 is 10.1 Å². The molecule has 1 amide bonds. The van der Waals surface area contributed by atoms with Gasteiger partial charge in [-0.1, -0.05) is 23.7 Å². The first-order chi connectivity index (χ1) is 10.5. The fourth-order valence-electron chi connectivity index (χ4n) is 2.46. The van der Waals surface area contributed by atoms with Gasteiger partial charge in [-0.05, 0) is 48.4 Å². The first kappa shape index (κ1) is 14.6. The lowest BCUT2D eigenvalue weighted by Crippen LogP contribution is -2.38. The highest BCUT2D eigenvalue weighted by molar-refractivity contribution is 6.30. The number of anilines is 1. The van der Waals surface area contributed by atoms with Gasteiger partial charge in [-0.15, -0.1) is 0 Å². The van der Waals surface area contributed by atoms with E-state index in [2.05, 4.69) is 5.32 Å². The van der Waals surface area contributed by atoms with E-state index in [9.17, 15) is 9.59 Å². The summed E-state index contributed by atoms with van der Waals surface area (Å²) >= 11 is 5.95. The van der Waals surface area contributed by atoms with Crippen LogP contribution in [-0.4, -0.2) is 18.0 Å². The summed E-state index contributed by atoms with van der Waals surface area (Å²) in [5.41, 5.74) is 2.91. The fourth-order valence-corrected chi connectivity index (χ4v) is 2.65. The first-order valence-electron chi connectivity index (χ1n) is 6.90. The number of amides is 1. The Hall–Kier alpha value is -2.33. The average Bonchev–Trinajstić information content (AvgIpc) is 2.46. The summed E-state index contributed by atoms with van der Waals surface area (Å²) in [5.74, 6) is -0.841. The molecule has 22 heavy (non-hydrogen) atoms. The zero-order valence-electron chi connectivity index (χ0n) is 11.9. The summed E-state index contributed by atoms with van der Waals surface area (Å²) in [7, 11) is 0. The molecule has 2 aromatic rings. The minimum Gasteiger partial charge on any atom is -0.448 e. The highest BCUT2D eigenvalue weighted by Crippen LogP contribution is 2.24. The average molecular weight is 316 g/mol. The lowest BCUT2D eigenvalue weighted by Gasteiger charge is -2.24. The number of cyclic esters (lactones) is 1. The molecule has 0 bridgehead atoms. The van der Waals surface area contributed by atoms with Gasteiger partial charge in [0.05, 0.1) is 5.56 Å². The third-order valence-electron chi connectivity index (χ3n) is 3.52. The van der Waals surface area contributed by atoms with Crippen molar-refractivity contribution in [3.05, 3.63) is 64.2 Å². The quantitative estimate of drug-likeness (QED) is 0.864. The number of rotatable bonds is 2. The lowest BCUT2D eigenvalue weighted by atomic mass is 9.98. The zero-order chi connectivity index (χ0) is 15.7. The standard InChI is InChI=1S/C17H14ClNO3/c1-10-3-2-4-13(7-10)19-16(20)15-9-11-8-12(18)5-6-14(11)17(21)22-15/h2-8,15H,9H2,1H3,(H,19,20). The number of nitrogens with one attached hydrogen (secondary N) is 1. The Morgan fingerprint density at radius 2 is 2.09 bits per heavy atom. The molecule has 0 fully saturated rings. The van der Waals surface area contributed by atoms with Crippen molar-refractivity contribution in [1.29, 1.82) is 0 Å². The van der Waals surface area contributed by atoms with Crippen LogP contribution < -0.4 is 5.32 Å². The van der Waals surface area contributed by atoms with Crippen LogP contribution in [0.5, 0.6) is 0 Å². The number of carbonyl (C=O) groups is 2. The Kier molecular flexibility index (Phi) is 3.86. The molecule has 1 N–H and O–H groups in total. The molecule has 5 heteroatoms. The van der Waals surface area contributed by atoms with Gasteiger partial charge in [0, 0.05) is 17.1 Å². The molecule has 0 spiro atoms. The number of fused-ring (bicyclic) bond motifs is 1. The van der Waals surface area contributed by atoms with E-state index in [4.69, 9.17) is 16.3 Å².